The monoisotopic (exact) mass is 459 g/mol. The van der Waals surface area contributed by atoms with Gasteiger partial charge in [-0.1, -0.05) is 0 Å². The Kier molecular flexibility index (Phi) is 5.60. The Morgan fingerprint density at radius 1 is 1.21 bits per heavy atom. The van der Waals surface area contributed by atoms with Crippen LogP contribution in [0.4, 0.5) is 9.18 Å². The largest absolute Gasteiger partial charge is 0.495 e. The fourth-order valence-electron chi connectivity index (χ4n) is 4.07. The van der Waals surface area contributed by atoms with E-state index in [2.05, 4.69) is 4.98 Å². The smallest absolute Gasteiger partial charge is 0.444 e. The van der Waals surface area contributed by atoms with Crippen molar-refractivity contribution in [3.8, 4) is 0 Å². The Labute approximate surface area is 193 Å². The van der Waals surface area contributed by atoms with Crippen LogP contribution < -0.4 is 11.0 Å². The van der Waals surface area contributed by atoms with Crippen LogP contribution >= 0.6 is 0 Å². The predicted molar refractivity (Wildman–Crippen MR) is 123 cm³/mol. The summed E-state index contributed by atoms with van der Waals surface area (Å²) in [5.74, 6) is -0.675. The van der Waals surface area contributed by atoms with Gasteiger partial charge in [-0.2, -0.15) is 0 Å². The Hall–Kier alpha value is -2.46. The van der Waals surface area contributed by atoms with Crippen LogP contribution in [0.25, 0.3) is 10.9 Å². The van der Waals surface area contributed by atoms with Crippen LogP contribution in [0, 0.1) is 5.82 Å². The molecule has 178 valence electrons. The van der Waals surface area contributed by atoms with Gasteiger partial charge in [0.25, 0.3) is 5.56 Å². The highest BCUT2D eigenvalue weighted by atomic mass is 19.1. The summed E-state index contributed by atoms with van der Waals surface area (Å²) in [5, 5.41) is -0.0894. The van der Waals surface area contributed by atoms with Crippen molar-refractivity contribution in [2.24, 2.45) is 0 Å². The van der Waals surface area contributed by atoms with E-state index in [0.717, 1.165) is 0 Å². The summed E-state index contributed by atoms with van der Waals surface area (Å²) in [7, 11) is -0.754. The fourth-order valence-corrected chi connectivity index (χ4v) is 4.07. The van der Waals surface area contributed by atoms with Gasteiger partial charge in [0.15, 0.2) is 0 Å². The number of hydrogen-bond acceptors (Lipinski definition) is 6. The van der Waals surface area contributed by atoms with E-state index < -0.39 is 41.4 Å². The number of carbonyl (C=O) groups is 1. The van der Waals surface area contributed by atoms with E-state index in [9.17, 15) is 9.59 Å². The van der Waals surface area contributed by atoms with Gasteiger partial charge in [0.2, 0.25) is 0 Å². The Balaban J connectivity index is 1.60. The van der Waals surface area contributed by atoms with Gasteiger partial charge < -0.3 is 18.9 Å². The first-order valence-electron chi connectivity index (χ1n) is 11.2. The normalized spacial score (nSPS) is 22.2. The minimum absolute atomic E-state index is 0.0894. The van der Waals surface area contributed by atoms with Gasteiger partial charge in [-0.3, -0.25) is 9.36 Å². The Morgan fingerprint density at radius 3 is 2.45 bits per heavy atom. The maximum absolute atomic E-state index is 15.2. The molecule has 1 atom stereocenters. The predicted octanol–water partition coefficient (Wildman–Crippen LogP) is 3.02. The zero-order valence-electron chi connectivity index (χ0n) is 20.3. The topological polar surface area (TPSA) is 82.9 Å². The van der Waals surface area contributed by atoms with Crippen molar-refractivity contribution in [2.45, 2.75) is 77.7 Å². The van der Waals surface area contributed by atoms with Crippen LogP contribution in [0.1, 0.15) is 60.9 Å². The van der Waals surface area contributed by atoms with Crippen molar-refractivity contribution in [3.05, 3.63) is 34.6 Å². The number of halogens is 1. The summed E-state index contributed by atoms with van der Waals surface area (Å²) in [6, 6.07) is 2.61. The summed E-state index contributed by atoms with van der Waals surface area (Å²) in [6.07, 6.45) is 1.55. The average molecular weight is 459 g/mol. The SMILES string of the molecule is CC(C)(C)OC(=O)N1CCC(n2cnc3cc(B4OC(C)(C)C(C)(C)O4)cc(F)c3c2=O)C1. The van der Waals surface area contributed by atoms with Gasteiger partial charge >= 0.3 is 13.2 Å². The van der Waals surface area contributed by atoms with Crippen molar-refractivity contribution >= 4 is 29.6 Å². The summed E-state index contributed by atoms with van der Waals surface area (Å²) in [6.45, 7) is 13.8. The van der Waals surface area contributed by atoms with Gasteiger partial charge in [-0.15, -0.1) is 0 Å². The number of amides is 1. The highest BCUT2D eigenvalue weighted by Crippen LogP contribution is 2.36. The van der Waals surface area contributed by atoms with Crippen molar-refractivity contribution in [3.63, 3.8) is 0 Å². The van der Waals surface area contributed by atoms with E-state index in [1.165, 1.54) is 17.0 Å². The molecule has 1 unspecified atom stereocenters. The molecule has 8 nitrogen and oxygen atoms in total. The summed E-state index contributed by atoms with van der Waals surface area (Å²) in [4.78, 5) is 31.4. The van der Waals surface area contributed by atoms with Gasteiger partial charge in [0, 0.05) is 13.1 Å². The summed E-state index contributed by atoms with van der Waals surface area (Å²) < 4.78 is 34.0. The first-order chi connectivity index (χ1) is 15.2. The average Bonchev–Trinajstić information content (AvgIpc) is 3.23. The number of rotatable bonds is 2. The van der Waals surface area contributed by atoms with Gasteiger partial charge in [-0.05, 0) is 72.5 Å². The van der Waals surface area contributed by atoms with Crippen molar-refractivity contribution in [2.75, 3.05) is 13.1 Å². The minimum atomic E-state index is -0.754. The number of hydrogen-bond donors (Lipinski definition) is 0. The number of benzene rings is 1. The zero-order chi connectivity index (χ0) is 24.3. The Morgan fingerprint density at radius 2 is 1.85 bits per heavy atom. The maximum Gasteiger partial charge on any atom is 0.495 e. The molecular weight excluding hydrogens is 428 g/mol. The quantitative estimate of drug-likeness (QED) is 0.643. The third kappa shape index (κ3) is 4.38. The highest BCUT2D eigenvalue weighted by molar-refractivity contribution is 6.62. The molecule has 2 aliphatic heterocycles. The second kappa shape index (κ2) is 7.80. The van der Waals surface area contributed by atoms with Crippen LogP contribution in [-0.2, 0) is 14.0 Å². The maximum atomic E-state index is 15.2. The highest BCUT2D eigenvalue weighted by Gasteiger charge is 2.52. The lowest BCUT2D eigenvalue weighted by atomic mass is 9.78. The van der Waals surface area contributed by atoms with Gasteiger partial charge in [-0.25, -0.2) is 14.2 Å². The number of carbonyl (C=O) groups excluding carboxylic acids is 1. The molecule has 2 fully saturated rings. The van der Waals surface area contributed by atoms with Gasteiger partial charge in [0.1, 0.15) is 16.8 Å². The molecule has 0 bridgehead atoms. The second-order valence-electron chi connectivity index (χ2n) is 10.8. The summed E-state index contributed by atoms with van der Waals surface area (Å²) in [5.41, 5.74) is -1.50. The molecule has 10 heteroatoms. The van der Waals surface area contributed by atoms with Crippen LogP contribution in [0.15, 0.2) is 23.3 Å². The number of likely N-dealkylation sites (tertiary alicyclic amines) is 1. The molecule has 1 aromatic heterocycles. The lowest BCUT2D eigenvalue weighted by Crippen LogP contribution is -2.41. The number of nitrogens with zero attached hydrogens (tertiary/aromatic N) is 3. The first-order valence-corrected chi connectivity index (χ1v) is 11.2. The van der Waals surface area contributed by atoms with Crippen molar-refractivity contribution in [1.82, 2.24) is 14.5 Å². The van der Waals surface area contributed by atoms with Crippen LogP contribution in [0.3, 0.4) is 0 Å². The van der Waals surface area contributed by atoms with E-state index in [1.54, 1.807) is 31.7 Å². The minimum Gasteiger partial charge on any atom is -0.444 e. The number of aromatic nitrogens is 2. The third-order valence-corrected chi connectivity index (χ3v) is 6.60. The van der Waals surface area contributed by atoms with E-state index in [4.69, 9.17) is 14.0 Å². The van der Waals surface area contributed by atoms with Crippen LogP contribution in [-0.4, -0.2) is 57.6 Å². The first kappa shape index (κ1) is 23.7. The molecule has 0 aliphatic carbocycles. The number of ether oxygens (including phenoxy) is 1. The molecule has 0 spiro atoms. The van der Waals surface area contributed by atoms with E-state index in [0.29, 0.717) is 25.0 Å². The molecular formula is C23H31BFN3O5. The fraction of sp³-hybridized carbons (Fsp3) is 0.609. The van der Waals surface area contributed by atoms with Crippen LogP contribution in [0.5, 0.6) is 0 Å². The molecule has 3 heterocycles. The van der Waals surface area contributed by atoms with E-state index in [1.807, 2.05) is 27.7 Å². The molecule has 0 N–H and O–H groups in total. The zero-order valence-corrected chi connectivity index (χ0v) is 20.3. The van der Waals surface area contributed by atoms with E-state index in [-0.39, 0.29) is 16.9 Å². The molecule has 0 radical (unpaired) electrons. The summed E-state index contributed by atoms with van der Waals surface area (Å²) >= 11 is 0. The molecule has 1 amide bonds. The lowest BCUT2D eigenvalue weighted by molar-refractivity contribution is 0.00578. The third-order valence-electron chi connectivity index (χ3n) is 6.60. The molecule has 1 aromatic carbocycles. The molecule has 2 saturated heterocycles. The molecule has 33 heavy (non-hydrogen) atoms. The molecule has 4 rings (SSSR count). The standard InChI is InChI=1S/C23H31BFN3O5/c1-21(2,3)31-20(30)27-9-8-15(12-27)28-13-26-17-11-14(10-16(25)18(17)19(28)29)24-32-22(4,5)23(6,7)33-24/h10-11,13,15H,8-9,12H2,1-7H3. The second-order valence-corrected chi connectivity index (χ2v) is 10.8. The van der Waals surface area contributed by atoms with Crippen LogP contribution in [0.2, 0.25) is 0 Å². The number of fused-ring (bicyclic) bond motifs is 1. The van der Waals surface area contributed by atoms with E-state index >= 15 is 4.39 Å². The van der Waals surface area contributed by atoms with Crippen molar-refractivity contribution in [1.29, 1.82) is 0 Å². The Bertz CT molecular complexity index is 1140. The van der Waals surface area contributed by atoms with Gasteiger partial charge in [0.05, 0.1) is 29.1 Å². The van der Waals surface area contributed by atoms with Crippen molar-refractivity contribution < 1.29 is 23.2 Å². The molecule has 0 saturated carbocycles. The molecule has 2 aliphatic rings. The molecule has 2 aromatic rings. The lowest BCUT2D eigenvalue weighted by Gasteiger charge is -2.32.